The Balaban J connectivity index is 1.87. The van der Waals surface area contributed by atoms with Crippen molar-refractivity contribution < 1.29 is 38.4 Å². The van der Waals surface area contributed by atoms with Gasteiger partial charge in [-0.05, 0) is 32.8 Å². The number of esters is 3. The van der Waals surface area contributed by atoms with Crippen LogP contribution in [0.5, 0.6) is 0 Å². The Bertz CT molecular complexity index is 875. The minimum absolute atomic E-state index is 0.438. The van der Waals surface area contributed by atoms with Crippen LogP contribution in [-0.4, -0.2) is 59.1 Å². The first-order valence-corrected chi connectivity index (χ1v) is 10.8. The molecule has 2 fully saturated rings. The molecule has 2 heterocycles. The number of ether oxygens (including phenoxy) is 4. The average molecular weight is 434 g/mol. The summed E-state index contributed by atoms with van der Waals surface area (Å²) >= 11 is 0. The van der Waals surface area contributed by atoms with E-state index >= 15 is 0 Å². The molecule has 0 saturated carbocycles. The summed E-state index contributed by atoms with van der Waals surface area (Å²) in [6.07, 6.45) is 1.35. The minimum atomic E-state index is -1.20. The number of epoxide rings is 1. The van der Waals surface area contributed by atoms with Crippen LogP contribution in [0.25, 0.3) is 0 Å². The highest BCUT2D eigenvalue weighted by Gasteiger charge is 2.78. The lowest BCUT2D eigenvalue weighted by Crippen LogP contribution is -2.60. The van der Waals surface area contributed by atoms with Gasteiger partial charge in [-0.1, -0.05) is 24.1 Å². The number of hydrogen-bond donors (Lipinski definition) is 1. The molecule has 0 aromatic carbocycles. The van der Waals surface area contributed by atoms with Gasteiger partial charge in [0.2, 0.25) is 0 Å². The zero-order valence-electron chi connectivity index (χ0n) is 18.5. The molecule has 0 amide bonds. The first-order valence-electron chi connectivity index (χ1n) is 10.8. The van der Waals surface area contributed by atoms with Crippen molar-refractivity contribution in [1.82, 2.24) is 0 Å². The average Bonchev–Trinajstić information content (AvgIpc) is 3.37. The zero-order chi connectivity index (χ0) is 22.7. The van der Waals surface area contributed by atoms with E-state index in [2.05, 4.69) is 0 Å². The van der Waals surface area contributed by atoms with Gasteiger partial charge >= 0.3 is 17.9 Å². The van der Waals surface area contributed by atoms with Crippen molar-refractivity contribution in [2.45, 2.75) is 90.0 Å². The number of hydrogen-bond acceptors (Lipinski definition) is 8. The molecule has 0 bridgehead atoms. The van der Waals surface area contributed by atoms with Crippen LogP contribution >= 0.6 is 0 Å². The molecule has 4 aliphatic rings. The van der Waals surface area contributed by atoms with Crippen molar-refractivity contribution in [2.75, 3.05) is 0 Å². The first-order chi connectivity index (χ1) is 14.5. The number of fused-ring (bicyclic) bond motifs is 1. The Morgan fingerprint density at radius 1 is 1.16 bits per heavy atom. The third kappa shape index (κ3) is 3.31. The van der Waals surface area contributed by atoms with E-state index in [-0.39, 0.29) is 0 Å². The summed E-state index contributed by atoms with van der Waals surface area (Å²) in [4.78, 5) is 36.3. The molecule has 0 aromatic rings. The Labute approximate surface area is 181 Å². The lowest BCUT2D eigenvalue weighted by molar-refractivity contribution is -0.190. The minimum Gasteiger partial charge on any atom is -0.462 e. The molecule has 2 aliphatic heterocycles. The SMILES string of the molecule is CC(=O)O[C@@H]1CC=C(C)[C@H]2[C@H](O)[C@@]34O[C@@H]3C(=O)O[C@@H]4/C=C(/C)CC[C@@H](OC(C)=O)[C@]12C. The highest BCUT2D eigenvalue weighted by Crippen LogP contribution is 2.59. The van der Waals surface area contributed by atoms with E-state index in [1.807, 2.05) is 32.9 Å². The van der Waals surface area contributed by atoms with Crippen LogP contribution in [0.2, 0.25) is 0 Å². The van der Waals surface area contributed by atoms with Crippen LogP contribution in [0, 0.1) is 11.3 Å². The second-order valence-corrected chi connectivity index (χ2v) is 9.43. The second-order valence-electron chi connectivity index (χ2n) is 9.43. The van der Waals surface area contributed by atoms with E-state index in [9.17, 15) is 19.5 Å². The van der Waals surface area contributed by atoms with Crippen molar-refractivity contribution in [3.63, 3.8) is 0 Å². The molecule has 2 aliphatic carbocycles. The molecule has 31 heavy (non-hydrogen) atoms. The largest absolute Gasteiger partial charge is 0.462 e. The Hall–Kier alpha value is -2.19. The number of carbonyl (C=O) groups excluding carboxylic acids is 3. The lowest BCUT2D eigenvalue weighted by Gasteiger charge is -2.52. The van der Waals surface area contributed by atoms with E-state index in [1.165, 1.54) is 13.8 Å². The van der Waals surface area contributed by atoms with Gasteiger partial charge in [0.05, 0.1) is 11.5 Å². The topological polar surface area (TPSA) is 112 Å². The zero-order valence-corrected chi connectivity index (χ0v) is 18.5. The normalized spacial score (nSPS) is 45.5. The summed E-state index contributed by atoms with van der Waals surface area (Å²) in [5, 5.41) is 11.7. The molecule has 170 valence electrons. The van der Waals surface area contributed by atoms with Crippen LogP contribution in [0.15, 0.2) is 23.3 Å². The highest BCUT2D eigenvalue weighted by molar-refractivity contribution is 5.84. The molecule has 1 spiro atoms. The molecule has 0 radical (unpaired) electrons. The maximum absolute atomic E-state index is 12.3. The Morgan fingerprint density at radius 3 is 2.42 bits per heavy atom. The molecule has 0 unspecified atom stereocenters. The summed E-state index contributed by atoms with van der Waals surface area (Å²) < 4.78 is 22.8. The van der Waals surface area contributed by atoms with Crippen molar-refractivity contribution in [1.29, 1.82) is 0 Å². The van der Waals surface area contributed by atoms with Gasteiger partial charge in [-0.2, -0.15) is 0 Å². The number of allylic oxidation sites excluding steroid dienone is 1. The summed E-state index contributed by atoms with van der Waals surface area (Å²) in [5.74, 6) is -1.95. The first kappa shape index (κ1) is 22.0. The lowest BCUT2D eigenvalue weighted by atomic mass is 9.57. The van der Waals surface area contributed by atoms with Crippen molar-refractivity contribution in [3.8, 4) is 0 Å². The molecular formula is C23H30O8. The monoisotopic (exact) mass is 434 g/mol. The maximum Gasteiger partial charge on any atom is 0.339 e. The summed E-state index contributed by atoms with van der Waals surface area (Å²) in [6.45, 7) is 8.38. The van der Waals surface area contributed by atoms with Crippen molar-refractivity contribution >= 4 is 17.9 Å². The summed E-state index contributed by atoms with van der Waals surface area (Å²) in [6, 6.07) is 0. The molecule has 8 heteroatoms. The number of aliphatic hydroxyl groups is 1. The fourth-order valence-corrected chi connectivity index (χ4v) is 5.85. The van der Waals surface area contributed by atoms with E-state index < -0.39 is 65.4 Å². The predicted molar refractivity (Wildman–Crippen MR) is 108 cm³/mol. The third-order valence-corrected chi connectivity index (χ3v) is 7.41. The van der Waals surface area contributed by atoms with Gasteiger partial charge < -0.3 is 24.1 Å². The molecule has 2 saturated heterocycles. The van der Waals surface area contributed by atoms with Crippen molar-refractivity contribution in [2.24, 2.45) is 11.3 Å². The van der Waals surface area contributed by atoms with Gasteiger partial charge in [0.15, 0.2) is 17.8 Å². The number of carbonyl (C=O) groups is 3. The molecule has 1 N–H and O–H groups in total. The van der Waals surface area contributed by atoms with Crippen LogP contribution in [0.3, 0.4) is 0 Å². The van der Waals surface area contributed by atoms with Crippen molar-refractivity contribution in [3.05, 3.63) is 23.3 Å². The quantitative estimate of drug-likeness (QED) is 0.304. The molecular weight excluding hydrogens is 404 g/mol. The van der Waals surface area contributed by atoms with Gasteiger partial charge in [-0.3, -0.25) is 9.59 Å². The highest BCUT2D eigenvalue weighted by atomic mass is 16.7. The Kier molecular flexibility index (Phi) is 5.29. The fourth-order valence-electron chi connectivity index (χ4n) is 5.85. The number of rotatable bonds is 2. The Morgan fingerprint density at radius 2 is 1.81 bits per heavy atom. The van der Waals surface area contributed by atoms with E-state index in [1.54, 1.807) is 0 Å². The molecule has 8 atom stereocenters. The van der Waals surface area contributed by atoms with Crippen LogP contribution in [0.1, 0.15) is 53.9 Å². The second kappa shape index (κ2) is 7.45. The van der Waals surface area contributed by atoms with Gasteiger partial charge in [0, 0.05) is 26.2 Å². The van der Waals surface area contributed by atoms with Crippen LogP contribution < -0.4 is 0 Å². The molecule has 4 rings (SSSR count). The molecule has 8 nitrogen and oxygen atoms in total. The van der Waals surface area contributed by atoms with Gasteiger partial charge in [0.1, 0.15) is 12.2 Å². The third-order valence-electron chi connectivity index (χ3n) is 7.41. The maximum atomic E-state index is 12.3. The standard InChI is InChI=1S/C23H30O8/c1-11-6-8-15(28-13(3)24)22(5)16(29-14(4)25)9-7-12(2)18(22)19(26)23-17(10-11)30-21(27)20(23)31-23/h7,10,15-20,26H,6,8-9H2,1-5H3/b11-10-/t15-,16-,17-,18+,19+,20-,22-,23-/m1/s1. The predicted octanol–water partition coefficient (Wildman–Crippen LogP) is 1.99. The fraction of sp³-hybridized carbons (Fsp3) is 0.696. The summed E-state index contributed by atoms with van der Waals surface area (Å²) in [7, 11) is 0. The smallest absolute Gasteiger partial charge is 0.339 e. The summed E-state index contributed by atoms with van der Waals surface area (Å²) in [5.41, 5.74) is -0.324. The van der Waals surface area contributed by atoms with E-state index in [0.29, 0.717) is 19.3 Å². The van der Waals surface area contributed by atoms with Crippen LogP contribution in [0.4, 0.5) is 0 Å². The van der Waals surface area contributed by atoms with E-state index in [4.69, 9.17) is 18.9 Å². The van der Waals surface area contributed by atoms with Gasteiger partial charge in [-0.15, -0.1) is 0 Å². The van der Waals surface area contributed by atoms with Crippen LogP contribution in [-0.2, 0) is 33.3 Å². The molecule has 0 aromatic heterocycles. The number of aliphatic hydroxyl groups excluding tert-OH is 1. The van der Waals surface area contributed by atoms with Gasteiger partial charge in [-0.25, -0.2) is 4.79 Å². The van der Waals surface area contributed by atoms with Gasteiger partial charge in [0.25, 0.3) is 0 Å². The van der Waals surface area contributed by atoms with E-state index in [0.717, 1.165) is 11.1 Å².